The second kappa shape index (κ2) is 9.19. The van der Waals surface area contributed by atoms with Crippen molar-refractivity contribution in [2.45, 2.75) is 29.9 Å². The molecular formula is C23H23NO13. The molecule has 0 saturated carbocycles. The molecule has 1 saturated heterocycles. The number of aliphatic hydroxyl groups is 4. The number of carboxylic acids is 1. The fourth-order valence-electron chi connectivity index (χ4n) is 4.03. The molecule has 1 aromatic heterocycles. The van der Waals surface area contributed by atoms with E-state index in [1.807, 2.05) is 0 Å². The lowest BCUT2D eigenvalue weighted by atomic mass is 9.83. The smallest absolute Gasteiger partial charge is 0.340 e. The SMILES string of the molecule is CNC[C@]1(C(=O)O)O[C@@H](Oc2cc3oc(-c4ccc(O)cc4)cc(=O)c3c(O)c2O)[C@H](O)C(O)(O)[C@@H]1O. The first-order chi connectivity index (χ1) is 17.3. The van der Waals surface area contributed by atoms with E-state index in [9.17, 15) is 50.4 Å². The molecule has 1 aliphatic heterocycles. The normalized spacial score (nSPS) is 25.2. The summed E-state index contributed by atoms with van der Waals surface area (Å²) < 4.78 is 16.2. The van der Waals surface area contributed by atoms with Gasteiger partial charge in [-0.15, -0.1) is 0 Å². The molecule has 0 amide bonds. The fraction of sp³-hybridized carbons (Fsp3) is 0.304. The van der Waals surface area contributed by atoms with Crippen LogP contribution in [0.25, 0.3) is 22.3 Å². The summed E-state index contributed by atoms with van der Waals surface area (Å²) in [6.45, 7) is -0.668. The summed E-state index contributed by atoms with van der Waals surface area (Å²) in [5.74, 6) is -8.04. The van der Waals surface area contributed by atoms with Crippen molar-refractivity contribution in [3.05, 3.63) is 46.6 Å². The zero-order valence-electron chi connectivity index (χ0n) is 19.0. The molecule has 0 aliphatic carbocycles. The van der Waals surface area contributed by atoms with Gasteiger partial charge in [0.15, 0.2) is 29.1 Å². The Balaban J connectivity index is 1.81. The Bertz CT molecular complexity index is 1400. The summed E-state index contributed by atoms with van der Waals surface area (Å²) in [6.07, 6.45) is -7.25. The number of aliphatic hydroxyl groups excluding tert-OH is 2. The predicted molar refractivity (Wildman–Crippen MR) is 122 cm³/mol. The number of benzene rings is 2. The highest BCUT2D eigenvalue weighted by Gasteiger charge is 2.66. The number of hydrogen-bond donors (Lipinski definition) is 9. The number of rotatable bonds is 6. The molecule has 9 N–H and O–H groups in total. The Kier molecular flexibility index (Phi) is 6.49. The lowest BCUT2D eigenvalue weighted by Crippen LogP contribution is -2.76. The van der Waals surface area contributed by atoms with Gasteiger partial charge in [0.25, 0.3) is 0 Å². The Morgan fingerprint density at radius 1 is 1.08 bits per heavy atom. The lowest BCUT2D eigenvalue weighted by molar-refractivity contribution is -0.391. The minimum atomic E-state index is -3.45. The zero-order chi connectivity index (χ0) is 27.3. The van der Waals surface area contributed by atoms with Crippen molar-refractivity contribution < 1.29 is 59.5 Å². The van der Waals surface area contributed by atoms with E-state index in [-0.39, 0.29) is 17.1 Å². The molecule has 1 fully saturated rings. The van der Waals surface area contributed by atoms with Crippen molar-refractivity contribution in [3.63, 3.8) is 0 Å². The van der Waals surface area contributed by atoms with Gasteiger partial charge in [0.2, 0.25) is 23.4 Å². The van der Waals surface area contributed by atoms with Gasteiger partial charge < -0.3 is 60.1 Å². The largest absolute Gasteiger partial charge is 0.508 e. The Morgan fingerprint density at radius 2 is 1.73 bits per heavy atom. The highest BCUT2D eigenvalue weighted by Crippen LogP contribution is 2.44. The Hall–Kier alpha value is -3.92. The molecule has 2 aromatic carbocycles. The highest BCUT2D eigenvalue weighted by molar-refractivity contribution is 5.89. The quantitative estimate of drug-likeness (QED) is 0.136. The second-order valence-electron chi connectivity index (χ2n) is 8.43. The minimum absolute atomic E-state index is 0.00857. The van der Waals surface area contributed by atoms with Crippen molar-refractivity contribution in [2.75, 3.05) is 13.6 Å². The van der Waals surface area contributed by atoms with Crippen molar-refractivity contribution in [1.82, 2.24) is 5.32 Å². The molecule has 0 unspecified atom stereocenters. The third kappa shape index (κ3) is 4.21. The number of aliphatic carboxylic acids is 1. The van der Waals surface area contributed by atoms with Gasteiger partial charge in [-0.1, -0.05) is 0 Å². The zero-order valence-corrected chi connectivity index (χ0v) is 19.0. The standard InChI is InChI=1S/C23H23NO13/c1-24-8-22(21(31)32)20(30)23(33,34)18(29)19(37-22)36-14-7-13-15(17(28)16(14)27)11(26)6-12(35-13)9-2-4-10(25)5-3-9/h2-7,18-20,24-25,27-30,33-34H,8H2,1H3,(H,31,32)/t18-,19+,20+,22-/m0/s1. The fourth-order valence-corrected chi connectivity index (χ4v) is 4.03. The van der Waals surface area contributed by atoms with Crippen LogP contribution in [0, 0.1) is 0 Å². The van der Waals surface area contributed by atoms with Crippen LogP contribution in [-0.2, 0) is 9.53 Å². The van der Waals surface area contributed by atoms with E-state index in [4.69, 9.17) is 13.9 Å². The van der Waals surface area contributed by atoms with Gasteiger partial charge in [-0.3, -0.25) is 4.79 Å². The summed E-state index contributed by atoms with van der Waals surface area (Å²) >= 11 is 0. The van der Waals surface area contributed by atoms with Gasteiger partial charge in [0.1, 0.15) is 22.5 Å². The maximum absolute atomic E-state index is 12.7. The number of phenolic OH excluding ortho intramolecular Hbond substituents is 3. The van der Waals surface area contributed by atoms with Crippen LogP contribution >= 0.6 is 0 Å². The van der Waals surface area contributed by atoms with Crippen LogP contribution in [0.15, 0.2) is 45.6 Å². The number of likely N-dealkylation sites (N-methyl/N-ethyl adjacent to an activating group) is 1. The number of phenols is 3. The number of carbonyl (C=O) groups is 1. The number of ether oxygens (including phenoxy) is 2. The monoisotopic (exact) mass is 521 g/mol. The first-order valence-electron chi connectivity index (χ1n) is 10.7. The highest BCUT2D eigenvalue weighted by atomic mass is 16.7. The van der Waals surface area contributed by atoms with Gasteiger partial charge in [-0.05, 0) is 31.3 Å². The van der Waals surface area contributed by atoms with Crippen molar-refractivity contribution in [1.29, 1.82) is 0 Å². The molecule has 37 heavy (non-hydrogen) atoms. The topological polar surface area (TPSA) is 240 Å². The maximum Gasteiger partial charge on any atom is 0.340 e. The van der Waals surface area contributed by atoms with E-state index in [2.05, 4.69) is 5.32 Å². The van der Waals surface area contributed by atoms with E-state index in [1.54, 1.807) is 0 Å². The predicted octanol–water partition coefficient (Wildman–Crippen LogP) is -1.24. The number of fused-ring (bicyclic) bond motifs is 1. The molecule has 0 radical (unpaired) electrons. The molecule has 198 valence electrons. The molecule has 4 rings (SSSR count). The molecule has 0 bridgehead atoms. The average molecular weight is 521 g/mol. The van der Waals surface area contributed by atoms with Gasteiger partial charge in [-0.2, -0.15) is 0 Å². The van der Waals surface area contributed by atoms with Crippen molar-refractivity contribution in [3.8, 4) is 34.3 Å². The Labute approximate surface area is 206 Å². The summed E-state index contributed by atoms with van der Waals surface area (Å²) in [7, 11) is 1.29. The van der Waals surface area contributed by atoms with Crippen LogP contribution in [0.4, 0.5) is 0 Å². The van der Waals surface area contributed by atoms with Crippen LogP contribution in [-0.4, -0.2) is 90.3 Å². The van der Waals surface area contributed by atoms with E-state index >= 15 is 0 Å². The van der Waals surface area contributed by atoms with Crippen molar-refractivity contribution >= 4 is 16.9 Å². The first kappa shape index (κ1) is 26.2. The third-order valence-corrected chi connectivity index (χ3v) is 5.99. The summed E-state index contributed by atoms with van der Waals surface area (Å²) in [4.78, 5) is 24.6. The van der Waals surface area contributed by atoms with E-state index in [0.717, 1.165) is 12.1 Å². The van der Waals surface area contributed by atoms with E-state index in [1.165, 1.54) is 31.3 Å². The van der Waals surface area contributed by atoms with Gasteiger partial charge >= 0.3 is 5.97 Å². The van der Waals surface area contributed by atoms with Gasteiger partial charge in [0, 0.05) is 24.2 Å². The second-order valence-corrected chi connectivity index (χ2v) is 8.43. The van der Waals surface area contributed by atoms with E-state index in [0.29, 0.717) is 5.56 Å². The molecule has 3 aromatic rings. The molecular weight excluding hydrogens is 498 g/mol. The van der Waals surface area contributed by atoms with Crippen LogP contribution in [0.1, 0.15) is 0 Å². The number of carboxylic acid groups (broad SMARTS) is 1. The molecule has 14 heteroatoms. The van der Waals surface area contributed by atoms with Crippen LogP contribution in [0.2, 0.25) is 0 Å². The first-order valence-corrected chi connectivity index (χ1v) is 10.7. The van der Waals surface area contributed by atoms with E-state index < -0.39 is 70.5 Å². The lowest BCUT2D eigenvalue weighted by Gasteiger charge is -2.49. The van der Waals surface area contributed by atoms with Crippen LogP contribution < -0.4 is 15.5 Å². The molecule has 4 atom stereocenters. The summed E-state index contributed by atoms with van der Waals surface area (Å²) in [5, 5.41) is 83.3. The third-order valence-electron chi connectivity index (χ3n) is 5.99. The van der Waals surface area contributed by atoms with Gasteiger partial charge in [-0.25, -0.2) is 4.79 Å². The number of nitrogens with one attached hydrogen (secondary N) is 1. The van der Waals surface area contributed by atoms with Crippen molar-refractivity contribution in [2.24, 2.45) is 0 Å². The molecule has 2 heterocycles. The average Bonchev–Trinajstić information content (AvgIpc) is 2.84. The Morgan fingerprint density at radius 3 is 2.32 bits per heavy atom. The van der Waals surface area contributed by atoms with Crippen LogP contribution in [0.3, 0.4) is 0 Å². The van der Waals surface area contributed by atoms with Crippen LogP contribution in [0.5, 0.6) is 23.0 Å². The summed E-state index contributed by atoms with van der Waals surface area (Å²) in [5.41, 5.74) is -3.43. The molecule has 1 aliphatic rings. The van der Waals surface area contributed by atoms with Gasteiger partial charge in [0.05, 0.1) is 0 Å². The number of aromatic hydroxyl groups is 3. The summed E-state index contributed by atoms with van der Waals surface area (Å²) in [6, 6.07) is 7.54. The number of hydrogen-bond acceptors (Lipinski definition) is 13. The minimum Gasteiger partial charge on any atom is -0.508 e. The molecule has 0 spiro atoms. The molecule has 14 nitrogen and oxygen atoms in total. The maximum atomic E-state index is 12.7.